The van der Waals surface area contributed by atoms with E-state index in [0.717, 1.165) is 34.9 Å². The Morgan fingerprint density at radius 2 is 1.81 bits per heavy atom. The third kappa shape index (κ3) is 2.04. The summed E-state index contributed by atoms with van der Waals surface area (Å²) in [5.74, 6) is 3.39. The fraction of sp³-hybridized carbons (Fsp3) is 1.00. The van der Waals surface area contributed by atoms with Gasteiger partial charge in [-0.25, -0.2) is 0 Å². The zero-order valence-electron chi connectivity index (χ0n) is 13.7. The van der Waals surface area contributed by atoms with Crippen LogP contribution in [0.25, 0.3) is 0 Å². The second kappa shape index (κ2) is 4.97. The average molecular weight is 355 g/mol. The summed E-state index contributed by atoms with van der Waals surface area (Å²) in [6.45, 7) is 5.02. The molecule has 1 N–H and O–H groups in total. The van der Waals surface area contributed by atoms with Crippen LogP contribution in [0.1, 0.15) is 71.6 Å². The number of alkyl halides is 1. The first-order valence-electron chi connectivity index (χ1n) is 9.27. The molecule has 0 bridgehead atoms. The molecule has 0 heterocycles. The number of rotatable bonds is 0. The highest BCUT2D eigenvalue weighted by atomic mass is 79.9. The first kappa shape index (κ1) is 15.0. The van der Waals surface area contributed by atoms with E-state index in [-0.39, 0.29) is 11.5 Å². The van der Waals surface area contributed by atoms with E-state index in [0.29, 0.717) is 5.41 Å². The Morgan fingerprint density at radius 1 is 1.00 bits per heavy atom. The molecule has 4 rings (SSSR count). The minimum absolute atomic E-state index is 0.0328. The molecular weight excluding hydrogens is 324 g/mol. The molecule has 0 saturated heterocycles. The number of hydrogen-bond acceptors (Lipinski definition) is 1. The molecule has 4 aliphatic carbocycles. The Hall–Kier alpha value is 0.440. The van der Waals surface area contributed by atoms with Crippen molar-refractivity contribution in [2.45, 2.75) is 82.6 Å². The molecule has 0 aromatic rings. The summed E-state index contributed by atoms with van der Waals surface area (Å²) in [5.41, 5.74) is 0.811. The van der Waals surface area contributed by atoms with Gasteiger partial charge >= 0.3 is 0 Å². The van der Waals surface area contributed by atoms with Crippen molar-refractivity contribution in [3.8, 4) is 0 Å². The summed E-state index contributed by atoms with van der Waals surface area (Å²) < 4.78 is 0. The van der Waals surface area contributed by atoms with Crippen molar-refractivity contribution in [1.82, 2.24) is 0 Å². The van der Waals surface area contributed by atoms with Gasteiger partial charge in [0.25, 0.3) is 0 Å². The fourth-order valence-corrected chi connectivity index (χ4v) is 8.43. The average Bonchev–Trinajstić information content (AvgIpc) is 2.74. The van der Waals surface area contributed by atoms with Gasteiger partial charge in [0.2, 0.25) is 0 Å². The minimum Gasteiger partial charge on any atom is -0.393 e. The largest absolute Gasteiger partial charge is 0.393 e. The number of aliphatic hydroxyl groups is 1. The molecule has 0 amide bonds. The topological polar surface area (TPSA) is 20.2 Å². The maximum atomic E-state index is 10.8. The normalized spacial score (nSPS) is 60.0. The lowest BCUT2D eigenvalue weighted by Gasteiger charge is -2.61. The van der Waals surface area contributed by atoms with Crippen molar-refractivity contribution in [2.75, 3.05) is 0 Å². The van der Waals surface area contributed by atoms with Gasteiger partial charge in [0.05, 0.1) is 6.10 Å². The molecule has 1 nitrogen and oxygen atoms in total. The Kier molecular flexibility index (Phi) is 3.55. The van der Waals surface area contributed by atoms with Gasteiger partial charge in [0.15, 0.2) is 0 Å². The molecule has 0 radical (unpaired) electrons. The van der Waals surface area contributed by atoms with E-state index in [2.05, 4.69) is 29.8 Å². The van der Waals surface area contributed by atoms with Crippen LogP contribution in [0.5, 0.6) is 0 Å². The van der Waals surface area contributed by atoms with Gasteiger partial charge in [-0.3, -0.25) is 0 Å². The summed E-state index contributed by atoms with van der Waals surface area (Å²) in [5, 5.41) is 10.8. The van der Waals surface area contributed by atoms with Crippen LogP contribution in [0.15, 0.2) is 0 Å². The maximum Gasteiger partial charge on any atom is 0.0599 e. The molecular formula is C19H31BrO. The van der Waals surface area contributed by atoms with Crippen LogP contribution in [0.4, 0.5) is 0 Å². The Balaban J connectivity index is 1.66. The maximum absolute atomic E-state index is 10.8. The molecule has 0 aromatic carbocycles. The zero-order valence-corrected chi connectivity index (χ0v) is 15.2. The summed E-state index contributed by atoms with van der Waals surface area (Å²) in [6, 6.07) is 0. The lowest BCUT2D eigenvalue weighted by Crippen LogP contribution is -2.57. The van der Waals surface area contributed by atoms with Crippen molar-refractivity contribution >= 4 is 15.9 Å². The first-order valence-corrected chi connectivity index (χ1v) is 10.2. The smallest absolute Gasteiger partial charge is 0.0599 e. The van der Waals surface area contributed by atoms with E-state index < -0.39 is 0 Å². The van der Waals surface area contributed by atoms with E-state index in [4.69, 9.17) is 0 Å². The lowest BCUT2D eigenvalue weighted by atomic mass is 9.45. The predicted octanol–water partition coefficient (Wildman–Crippen LogP) is 5.15. The van der Waals surface area contributed by atoms with E-state index in [9.17, 15) is 5.11 Å². The summed E-state index contributed by atoms with van der Waals surface area (Å²) in [7, 11) is 0. The number of fused-ring (bicyclic) bond motifs is 5. The predicted molar refractivity (Wildman–Crippen MR) is 90.4 cm³/mol. The van der Waals surface area contributed by atoms with Crippen molar-refractivity contribution in [1.29, 1.82) is 0 Å². The highest BCUT2D eigenvalue weighted by Crippen LogP contribution is 2.66. The SMILES string of the molecule is C[C@]12CC[C@@H]3[C@@H](CCC4CCCC(O)[C@@]43C)[C@@H]1CC(Br)C2. The molecule has 21 heavy (non-hydrogen) atoms. The molecule has 0 aromatic heterocycles. The molecule has 3 unspecified atom stereocenters. The molecule has 4 aliphatic rings. The van der Waals surface area contributed by atoms with E-state index in [1.165, 1.54) is 51.4 Å². The van der Waals surface area contributed by atoms with Gasteiger partial charge < -0.3 is 5.11 Å². The fourth-order valence-electron chi connectivity index (χ4n) is 7.28. The molecule has 0 aliphatic heterocycles. The lowest BCUT2D eigenvalue weighted by molar-refractivity contribution is -0.159. The summed E-state index contributed by atoms with van der Waals surface area (Å²) in [4.78, 5) is 0.744. The van der Waals surface area contributed by atoms with Crippen LogP contribution in [0.3, 0.4) is 0 Å². The third-order valence-electron chi connectivity index (χ3n) is 8.43. The third-order valence-corrected chi connectivity index (χ3v) is 9.13. The highest BCUT2D eigenvalue weighted by Gasteiger charge is 2.60. The van der Waals surface area contributed by atoms with Gasteiger partial charge in [-0.05, 0) is 85.9 Å². The highest BCUT2D eigenvalue weighted by molar-refractivity contribution is 9.09. The minimum atomic E-state index is -0.0328. The van der Waals surface area contributed by atoms with Crippen LogP contribution < -0.4 is 0 Å². The Bertz CT molecular complexity index is 424. The van der Waals surface area contributed by atoms with E-state index in [1.807, 2.05) is 0 Å². The van der Waals surface area contributed by atoms with Crippen molar-refractivity contribution in [3.05, 3.63) is 0 Å². The van der Waals surface area contributed by atoms with Crippen LogP contribution in [-0.4, -0.2) is 16.0 Å². The van der Waals surface area contributed by atoms with Crippen molar-refractivity contribution in [3.63, 3.8) is 0 Å². The van der Waals surface area contributed by atoms with Gasteiger partial charge in [-0.2, -0.15) is 0 Å². The second-order valence-electron chi connectivity index (χ2n) is 9.19. The van der Waals surface area contributed by atoms with Gasteiger partial charge in [-0.1, -0.05) is 36.2 Å². The zero-order chi connectivity index (χ0) is 14.8. The van der Waals surface area contributed by atoms with Crippen molar-refractivity contribution < 1.29 is 5.11 Å². The molecule has 4 fully saturated rings. The van der Waals surface area contributed by atoms with E-state index in [1.54, 1.807) is 0 Å². The van der Waals surface area contributed by atoms with Gasteiger partial charge in [0.1, 0.15) is 0 Å². The monoisotopic (exact) mass is 354 g/mol. The van der Waals surface area contributed by atoms with Gasteiger partial charge in [-0.15, -0.1) is 0 Å². The molecule has 4 saturated carbocycles. The Morgan fingerprint density at radius 3 is 2.62 bits per heavy atom. The number of aliphatic hydroxyl groups excluding tert-OH is 1. The van der Waals surface area contributed by atoms with Gasteiger partial charge in [0, 0.05) is 4.83 Å². The van der Waals surface area contributed by atoms with E-state index >= 15 is 0 Å². The van der Waals surface area contributed by atoms with Crippen LogP contribution >= 0.6 is 15.9 Å². The van der Waals surface area contributed by atoms with Crippen LogP contribution in [0, 0.1) is 34.5 Å². The standard InChI is InChI=1S/C19H31BrO/c1-18-9-8-15-14(16(18)10-13(20)11-18)7-6-12-4-3-5-17(21)19(12,15)2/h12-17,21H,3-11H2,1-2H3/t12?,13?,14-,15-,16+,17?,18-,19+/m1/s1. The number of hydrogen-bond donors (Lipinski definition) is 1. The molecule has 120 valence electrons. The molecule has 0 spiro atoms. The number of halogens is 1. The summed E-state index contributed by atoms with van der Waals surface area (Å²) in [6.07, 6.45) is 12.0. The summed E-state index contributed by atoms with van der Waals surface area (Å²) >= 11 is 3.93. The Labute approximate surface area is 138 Å². The van der Waals surface area contributed by atoms with Crippen LogP contribution in [0.2, 0.25) is 0 Å². The van der Waals surface area contributed by atoms with Crippen LogP contribution in [-0.2, 0) is 0 Å². The molecule has 8 atom stereocenters. The molecule has 2 heteroatoms. The first-order chi connectivity index (χ1) is 9.95. The van der Waals surface area contributed by atoms with Crippen molar-refractivity contribution in [2.24, 2.45) is 34.5 Å². The second-order valence-corrected chi connectivity index (χ2v) is 10.5. The quantitative estimate of drug-likeness (QED) is 0.596.